The van der Waals surface area contributed by atoms with Crippen molar-refractivity contribution >= 4 is 88.5 Å². The second kappa shape index (κ2) is 13.7. The van der Waals surface area contributed by atoms with Crippen LogP contribution in [0.25, 0.3) is 42.1 Å². The molecule has 2 aliphatic heterocycles. The summed E-state index contributed by atoms with van der Waals surface area (Å²) in [6.07, 6.45) is 7.12. The van der Waals surface area contributed by atoms with E-state index < -0.39 is 0 Å². The zero-order chi connectivity index (χ0) is 47.2. The molecule has 5 aliphatic rings. The standard InChI is InChI=1S/C64H67BN2S/c1-59(2)27-29-61(5,6)47-34-39(21-24-45(47)59)66-53-37-50-49(63(9,10)31-32-64(50,11)12)36-51(53)65-56-44(33-38-17-13-14-18-41(38)57(56)66)55-52(26-23-43-42-19-15-16-20-54(42)68-58(43)55)67(65)40-22-25-46-48(35-40)62(7,8)30-28-60(46,3)4/h13-26,33-37H,27-32H2,1-12H3. The summed E-state index contributed by atoms with van der Waals surface area (Å²) in [6.45, 7) is 29.7. The molecule has 0 saturated heterocycles. The number of fused-ring (bicyclic) bond motifs is 13. The average Bonchev–Trinajstić information content (AvgIpc) is 3.69. The molecule has 0 saturated carbocycles. The molecule has 2 nitrogen and oxygen atoms in total. The fourth-order valence-corrected chi connectivity index (χ4v) is 15.3. The maximum Gasteiger partial charge on any atom is 0.333 e. The summed E-state index contributed by atoms with van der Waals surface area (Å²) in [7, 11) is 0. The Labute approximate surface area is 409 Å². The number of rotatable bonds is 2. The van der Waals surface area contributed by atoms with Gasteiger partial charge in [0.2, 0.25) is 0 Å². The van der Waals surface area contributed by atoms with Gasteiger partial charge in [-0.25, -0.2) is 0 Å². The van der Waals surface area contributed by atoms with Gasteiger partial charge in [-0.1, -0.05) is 150 Å². The van der Waals surface area contributed by atoms with Gasteiger partial charge in [-0.3, -0.25) is 0 Å². The maximum atomic E-state index is 2.82. The van der Waals surface area contributed by atoms with Crippen molar-refractivity contribution in [3.05, 3.63) is 149 Å². The summed E-state index contributed by atoms with van der Waals surface area (Å²) in [6, 6.07) is 46.6. The van der Waals surface area contributed by atoms with E-state index in [9.17, 15) is 0 Å². The molecule has 0 spiro atoms. The summed E-state index contributed by atoms with van der Waals surface area (Å²) in [5.41, 5.74) is 21.6. The molecular formula is C64H67BN2S. The Morgan fingerprint density at radius 2 is 0.956 bits per heavy atom. The van der Waals surface area contributed by atoms with Crippen LogP contribution in [0.1, 0.15) is 155 Å². The normalized spacial score (nSPS) is 20.6. The molecule has 0 radical (unpaired) electrons. The summed E-state index contributed by atoms with van der Waals surface area (Å²) >= 11 is 1.97. The van der Waals surface area contributed by atoms with E-state index in [1.54, 1.807) is 0 Å². The van der Waals surface area contributed by atoms with Gasteiger partial charge in [0.15, 0.2) is 0 Å². The van der Waals surface area contributed by atoms with Gasteiger partial charge in [-0.05, 0) is 175 Å². The molecule has 0 fully saturated rings. The Kier molecular flexibility index (Phi) is 8.63. The summed E-state index contributed by atoms with van der Waals surface area (Å²) < 4.78 is 2.73. The first-order valence-corrected chi connectivity index (χ1v) is 26.6. The molecular weight excluding hydrogens is 840 g/mol. The first kappa shape index (κ1) is 42.8. The summed E-state index contributed by atoms with van der Waals surface area (Å²) in [4.78, 5) is 5.58. The molecule has 0 amide bonds. The van der Waals surface area contributed by atoms with E-state index in [0.717, 1.165) is 0 Å². The topological polar surface area (TPSA) is 6.48 Å². The van der Waals surface area contributed by atoms with Crippen molar-refractivity contribution < 1.29 is 0 Å². The Morgan fingerprint density at radius 1 is 0.441 bits per heavy atom. The smallest absolute Gasteiger partial charge is 0.333 e. The van der Waals surface area contributed by atoms with Gasteiger partial charge < -0.3 is 9.71 Å². The molecule has 3 aliphatic carbocycles. The SMILES string of the molecule is CC1(C)CCC(C)(C)c2cc(N3B4c5cc6c(cc5N(c5ccc7c(c5)C(C)(C)CCC7(C)C)c5c4c(cc4ccccc54)-c4c3ccc3c4sc4ccccc43)C(C)(C)CCC6(C)C)ccc21. The molecule has 7 aromatic carbocycles. The summed E-state index contributed by atoms with van der Waals surface area (Å²) in [5.74, 6) is 0. The van der Waals surface area contributed by atoms with E-state index >= 15 is 0 Å². The van der Waals surface area contributed by atoms with Gasteiger partial charge >= 0.3 is 6.85 Å². The third kappa shape index (κ3) is 5.82. The van der Waals surface area contributed by atoms with Gasteiger partial charge in [0.1, 0.15) is 0 Å². The second-order valence-electron chi connectivity index (χ2n) is 25.7. The lowest BCUT2D eigenvalue weighted by Crippen LogP contribution is -2.62. The Hall–Kier alpha value is -5.32. The Morgan fingerprint density at radius 3 is 1.59 bits per heavy atom. The fraction of sp³-hybridized carbons (Fsp3) is 0.375. The highest BCUT2D eigenvalue weighted by atomic mass is 32.1. The highest BCUT2D eigenvalue weighted by molar-refractivity contribution is 7.26. The van der Waals surface area contributed by atoms with Crippen molar-refractivity contribution in [1.82, 2.24) is 0 Å². The lowest BCUT2D eigenvalue weighted by atomic mass is 9.42. The molecule has 0 unspecified atom stereocenters. The van der Waals surface area contributed by atoms with Crippen LogP contribution in [0.4, 0.5) is 28.4 Å². The predicted molar refractivity (Wildman–Crippen MR) is 296 cm³/mol. The summed E-state index contributed by atoms with van der Waals surface area (Å²) in [5, 5.41) is 5.31. The zero-order valence-electron chi connectivity index (χ0n) is 42.6. The van der Waals surface area contributed by atoms with E-state index in [1.807, 2.05) is 11.3 Å². The number of hydrogen-bond donors (Lipinski definition) is 0. The van der Waals surface area contributed by atoms with Gasteiger partial charge in [-0.2, -0.15) is 0 Å². The maximum absolute atomic E-state index is 2.82. The number of benzene rings is 7. The number of anilines is 5. The number of hydrogen-bond acceptors (Lipinski definition) is 3. The van der Waals surface area contributed by atoms with Crippen molar-refractivity contribution in [2.45, 2.75) is 154 Å². The van der Waals surface area contributed by atoms with Crippen LogP contribution in [0.15, 0.2) is 115 Å². The van der Waals surface area contributed by atoms with Crippen LogP contribution in [0.5, 0.6) is 0 Å². The van der Waals surface area contributed by atoms with Crippen LogP contribution >= 0.6 is 11.3 Å². The largest absolute Gasteiger partial charge is 0.376 e. The molecule has 342 valence electrons. The van der Waals surface area contributed by atoms with Crippen molar-refractivity contribution in [3.8, 4) is 11.1 Å². The minimum absolute atomic E-state index is 0.0418. The second-order valence-corrected chi connectivity index (χ2v) is 26.7. The third-order valence-corrected chi connectivity index (χ3v) is 19.8. The lowest BCUT2D eigenvalue weighted by molar-refractivity contribution is 0.332. The monoisotopic (exact) mass is 907 g/mol. The van der Waals surface area contributed by atoms with Crippen LogP contribution in [-0.4, -0.2) is 6.85 Å². The molecule has 8 aromatic rings. The first-order chi connectivity index (χ1) is 32.2. The van der Waals surface area contributed by atoms with Gasteiger partial charge in [0.05, 0.1) is 5.69 Å². The van der Waals surface area contributed by atoms with E-state index in [-0.39, 0.29) is 39.3 Å². The molecule has 4 heteroatoms. The minimum Gasteiger partial charge on any atom is -0.376 e. The van der Waals surface area contributed by atoms with E-state index in [2.05, 4.69) is 208 Å². The van der Waals surface area contributed by atoms with Crippen LogP contribution in [-0.2, 0) is 32.5 Å². The minimum atomic E-state index is -0.0629. The molecule has 3 heterocycles. The van der Waals surface area contributed by atoms with Crippen molar-refractivity contribution in [3.63, 3.8) is 0 Å². The highest BCUT2D eigenvalue weighted by Crippen LogP contribution is 2.57. The van der Waals surface area contributed by atoms with E-state index in [4.69, 9.17) is 0 Å². The van der Waals surface area contributed by atoms with Gasteiger partial charge in [0.25, 0.3) is 0 Å². The average molecular weight is 907 g/mol. The van der Waals surface area contributed by atoms with Crippen LogP contribution in [0.3, 0.4) is 0 Å². The van der Waals surface area contributed by atoms with Crippen molar-refractivity contribution in [1.29, 1.82) is 0 Å². The molecule has 0 bridgehead atoms. The van der Waals surface area contributed by atoms with Gasteiger partial charge in [-0.15, -0.1) is 11.3 Å². The Bertz CT molecular complexity index is 3500. The lowest BCUT2D eigenvalue weighted by Gasteiger charge is -2.49. The third-order valence-electron chi connectivity index (χ3n) is 18.6. The molecule has 13 rings (SSSR count). The molecule has 0 atom stereocenters. The predicted octanol–water partition coefficient (Wildman–Crippen LogP) is 17.0. The van der Waals surface area contributed by atoms with Crippen molar-refractivity contribution in [2.24, 2.45) is 0 Å². The van der Waals surface area contributed by atoms with E-state index in [1.165, 1.54) is 153 Å². The van der Waals surface area contributed by atoms with Crippen LogP contribution in [0.2, 0.25) is 0 Å². The number of nitrogens with zero attached hydrogens (tertiary/aromatic N) is 2. The fourth-order valence-electron chi connectivity index (χ4n) is 14.0. The van der Waals surface area contributed by atoms with Gasteiger partial charge in [0, 0.05) is 53.9 Å². The quantitative estimate of drug-likeness (QED) is 0.160. The zero-order valence-corrected chi connectivity index (χ0v) is 43.4. The first-order valence-electron chi connectivity index (χ1n) is 25.8. The van der Waals surface area contributed by atoms with E-state index in [0.29, 0.717) is 0 Å². The van der Waals surface area contributed by atoms with Crippen molar-refractivity contribution in [2.75, 3.05) is 9.71 Å². The molecule has 68 heavy (non-hydrogen) atoms. The Balaban J connectivity index is 1.21. The number of thiophene rings is 1. The highest BCUT2D eigenvalue weighted by Gasteiger charge is 2.50. The van der Waals surface area contributed by atoms with Crippen LogP contribution < -0.4 is 20.6 Å². The molecule has 1 aromatic heterocycles. The van der Waals surface area contributed by atoms with Crippen LogP contribution in [0, 0.1) is 0 Å². The molecule has 0 N–H and O–H groups in total.